The van der Waals surface area contributed by atoms with Crippen molar-refractivity contribution in [3.63, 3.8) is 0 Å². The molecule has 1 atom stereocenters. The van der Waals surface area contributed by atoms with Crippen LogP contribution in [0.2, 0.25) is 5.02 Å². The molecule has 1 aliphatic carbocycles. The van der Waals surface area contributed by atoms with Gasteiger partial charge in [0.1, 0.15) is 6.04 Å². The predicted octanol–water partition coefficient (Wildman–Crippen LogP) is 3.57. The van der Waals surface area contributed by atoms with Crippen LogP contribution in [0, 0.1) is 11.8 Å². The first-order valence-corrected chi connectivity index (χ1v) is 12.5. The van der Waals surface area contributed by atoms with E-state index in [-0.39, 0.29) is 28.5 Å². The maximum atomic E-state index is 12.6. The van der Waals surface area contributed by atoms with Crippen LogP contribution in [0.3, 0.4) is 0 Å². The summed E-state index contributed by atoms with van der Waals surface area (Å²) in [4.78, 5) is 25.2. The third kappa shape index (κ3) is 6.79. The van der Waals surface area contributed by atoms with Gasteiger partial charge in [-0.25, -0.2) is 13.1 Å². The molecule has 0 spiro atoms. The number of hydrogen-bond donors (Lipinski definition) is 3. The molecule has 0 aliphatic heterocycles. The van der Waals surface area contributed by atoms with E-state index in [0.717, 1.165) is 12.8 Å². The van der Waals surface area contributed by atoms with Gasteiger partial charge in [0.15, 0.2) is 0 Å². The molecule has 0 saturated heterocycles. The molecule has 7 nitrogen and oxygen atoms in total. The number of nitrogens with one attached hydrogen (secondary N) is 3. The predicted molar refractivity (Wildman–Crippen MR) is 125 cm³/mol. The molecular weight excluding hydrogens is 450 g/mol. The Morgan fingerprint density at radius 2 is 1.72 bits per heavy atom. The van der Waals surface area contributed by atoms with Crippen molar-refractivity contribution in [2.24, 2.45) is 11.8 Å². The van der Waals surface area contributed by atoms with Gasteiger partial charge < -0.3 is 10.6 Å². The lowest BCUT2D eigenvalue weighted by atomic mass is 9.81. The number of carbonyl (C=O) groups excluding carboxylic acids is 2. The first-order valence-electron chi connectivity index (χ1n) is 10.7. The van der Waals surface area contributed by atoms with Crippen molar-refractivity contribution in [3.8, 4) is 0 Å². The summed E-state index contributed by atoms with van der Waals surface area (Å²) in [6, 6.07) is 14.4. The molecular formula is C23H28ClN3O4S. The maximum absolute atomic E-state index is 12.6. The van der Waals surface area contributed by atoms with Gasteiger partial charge in [0.25, 0.3) is 0 Å². The molecule has 2 aromatic rings. The summed E-state index contributed by atoms with van der Waals surface area (Å²) in [5.41, 5.74) is 0.571. The van der Waals surface area contributed by atoms with Crippen LogP contribution in [0.1, 0.15) is 32.6 Å². The maximum Gasteiger partial charge on any atom is 0.246 e. The van der Waals surface area contributed by atoms with E-state index in [0.29, 0.717) is 30.1 Å². The minimum absolute atomic E-state index is 0.151. The zero-order chi connectivity index (χ0) is 23.1. The van der Waals surface area contributed by atoms with Crippen LogP contribution in [0.25, 0.3) is 0 Å². The molecule has 2 amide bonds. The number of hydrogen-bond acceptors (Lipinski definition) is 4. The highest BCUT2D eigenvalue weighted by Gasteiger charge is 2.29. The minimum Gasteiger partial charge on any atom is -0.344 e. The lowest BCUT2D eigenvalue weighted by molar-refractivity contribution is -0.129. The lowest BCUT2D eigenvalue weighted by Crippen LogP contribution is -2.45. The topological polar surface area (TPSA) is 104 Å². The summed E-state index contributed by atoms with van der Waals surface area (Å²) < 4.78 is 27.4. The Labute approximate surface area is 194 Å². The standard InChI is InChI=1S/C23H28ClN3O4S/c1-16(22(28)27-20-7-5-6-19(24)14-20)26-23(29)18-12-10-17(11-13-18)15-25-32(30,31)21-8-3-2-4-9-21/h2-9,14,16-18,25H,10-13,15H2,1H3,(H,26,29)(H,27,28). The quantitative estimate of drug-likeness (QED) is 0.540. The highest BCUT2D eigenvalue weighted by atomic mass is 35.5. The van der Waals surface area contributed by atoms with Crippen molar-refractivity contribution in [1.82, 2.24) is 10.0 Å². The van der Waals surface area contributed by atoms with Crippen LogP contribution < -0.4 is 15.4 Å². The van der Waals surface area contributed by atoms with Gasteiger partial charge in [0, 0.05) is 23.2 Å². The van der Waals surface area contributed by atoms with E-state index in [1.807, 2.05) is 0 Å². The van der Waals surface area contributed by atoms with E-state index >= 15 is 0 Å². The Morgan fingerprint density at radius 3 is 2.38 bits per heavy atom. The van der Waals surface area contributed by atoms with Crippen LogP contribution in [-0.2, 0) is 19.6 Å². The van der Waals surface area contributed by atoms with Crippen molar-refractivity contribution in [1.29, 1.82) is 0 Å². The average Bonchev–Trinajstić information content (AvgIpc) is 2.78. The molecule has 172 valence electrons. The Kier molecular flexibility index (Phi) is 8.28. The summed E-state index contributed by atoms with van der Waals surface area (Å²) in [5, 5.41) is 6.04. The van der Waals surface area contributed by atoms with Gasteiger partial charge in [-0.1, -0.05) is 35.9 Å². The summed E-state index contributed by atoms with van der Waals surface area (Å²) in [6.45, 7) is 1.99. The van der Waals surface area contributed by atoms with Crippen LogP contribution >= 0.6 is 11.6 Å². The van der Waals surface area contributed by atoms with Crippen molar-refractivity contribution in [3.05, 3.63) is 59.6 Å². The number of anilines is 1. The van der Waals surface area contributed by atoms with E-state index in [2.05, 4.69) is 15.4 Å². The fraction of sp³-hybridized carbons (Fsp3) is 0.391. The van der Waals surface area contributed by atoms with E-state index in [1.54, 1.807) is 61.5 Å². The Bertz CT molecular complexity index is 1040. The Hall–Kier alpha value is -2.42. The van der Waals surface area contributed by atoms with Gasteiger partial charge in [0.2, 0.25) is 21.8 Å². The SMILES string of the molecule is CC(NC(=O)C1CCC(CNS(=O)(=O)c2ccccc2)CC1)C(=O)Nc1cccc(Cl)c1. The lowest BCUT2D eigenvalue weighted by Gasteiger charge is -2.28. The minimum atomic E-state index is -3.53. The number of rotatable bonds is 8. The number of carbonyl (C=O) groups is 2. The second-order valence-electron chi connectivity index (χ2n) is 8.11. The highest BCUT2D eigenvalue weighted by Crippen LogP contribution is 2.29. The molecule has 0 heterocycles. The molecule has 2 aromatic carbocycles. The molecule has 0 aromatic heterocycles. The molecule has 0 bridgehead atoms. The molecule has 1 saturated carbocycles. The number of amides is 2. The van der Waals surface area contributed by atoms with Crippen molar-refractivity contribution in [2.75, 3.05) is 11.9 Å². The molecule has 1 aliphatic rings. The van der Waals surface area contributed by atoms with E-state index in [1.165, 1.54) is 0 Å². The van der Waals surface area contributed by atoms with Gasteiger partial charge in [-0.15, -0.1) is 0 Å². The van der Waals surface area contributed by atoms with Gasteiger partial charge >= 0.3 is 0 Å². The zero-order valence-corrected chi connectivity index (χ0v) is 19.5. The van der Waals surface area contributed by atoms with Crippen molar-refractivity contribution in [2.45, 2.75) is 43.5 Å². The highest BCUT2D eigenvalue weighted by molar-refractivity contribution is 7.89. The molecule has 1 unspecified atom stereocenters. The van der Waals surface area contributed by atoms with Crippen LogP contribution in [0.4, 0.5) is 5.69 Å². The average molecular weight is 478 g/mol. The van der Waals surface area contributed by atoms with Crippen LogP contribution in [0.15, 0.2) is 59.5 Å². The molecule has 9 heteroatoms. The number of benzene rings is 2. The van der Waals surface area contributed by atoms with Gasteiger partial charge in [-0.3, -0.25) is 9.59 Å². The monoisotopic (exact) mass is 477 g/mol. The second-order valence-corrected chi connectivity index (χ2v) is 10.3. The van der Waals surface area contributed by atoms with E-state index in [9.17, 15) is 18.0 Å². The van der Waals surface area contributed by atoms with Crippen LogP contribution in [-0.4, -0.2) is 32.8 Å². The van der Waals surface area contributed by atoms with Gasteiger partial charge in [0.05, 0.1) is 4.90 Å². The summed E-state index contributed by atoms with van der Waals surface area (Å²) in [7, 11) is -3.53. The zero-order valence-electron chi connectivity index (χ0n) is 17.9. The number of sulfonamides is 1. The first kappa shape index (κ1) is 24.2. The van der Waals surface area contributed by atoms with Crippen molar-refractivity contribution < 1.29 is 18.0 Å². The van der Waals surface area contributed by atoms with Gasteiger partial charge in [-0.2, -0.15) is 0 Å². The Balaban J connectivity index is 1.42. The number of halogens is 1. The molecule has 32 heavy (non-hydrogen) atoms. The summed E-state index contributed by atoms with van der Waals surface area (Å²) in [6.07, 6.45) is 2.81. The molecule has 0 radical (unpaired) electrons. The summed E-state index contributed by atoms with van der Waals surface area (Å²) in [5.74, 6) is -0.467. The largest absolute Gasteiger partial charge is 0.344 e. The normalized spacial score (nSPS) is 19.7. The first-order chi connectivity index (χ1) is 15.2. The molecule has 3 rings (SSSR count). The van der Waals surface area contributed by atoms with E-state index < -0.39 is 16.1 Å². The second kappa shape index (κ2) is 10.9. The molecule has 3 N–H and O–H groups in total. The van der Waals surface area contributed by atoms with Crippen molar-refractivity contribution >= 4 is 39.1 Å². The fourth-order valence-corrected chi connectivity index (χ4v) is 5.08. The third-order valence-electron chi connectivity index (χ3n) is 5.68. The van der Waals surface area contributed by atoms with Gasteiger partial charge in [-0.05, 0) is 68.9 Å². The Morgan fingerprint density at radius 1 is 1.03 bits per heavy atom. The third-order valence-corrected chi connectivity index (χ3v) is 7.35. The fourth-order valence-electron chi connectivity index (χ4n) is 3.75. The van der Waals surface area contributed by atoms with Crippen LogP contribution in [0.5, 0.6) is 0 Å². The van der Waals surface area contributed by atoms with E-state index in [4.69, 9.17) is 11.6 Å². The molecule has 1 fully saturated rings. The smallest absolute Gasteiger partial charge is 0.246 e. The summed E-state index contributed by atoms with van der Waals surface area (Å²) >= 11 is 5.93.